The Kier molecular flexibility index (Phi) is 8.49. The third-order valence-electron chi connectivity index (χ3n) is 3.35. The molecule has 0 saturated heterocycles. The van der Waals surface area contributed by atoms with Gasteiger partial charge in [0.2, 0.25) is 5.91 Å². The van der Waals surface area contributed by atoms with Crippen molar-refractivity contribution < 1.29 is 22.7 Å². The van der Waals surface area contributed by atoms with E-state index in [0.29, 0.717) is 18.7 Å². The third-order valence-corrected chi connectivity index (χ3v) is 5.73. The summed E-state index contributed by atoms with van der Waals surface area (Å²) in [5, 5.41) is 7.20. The van der Waals surface area contributed by atoms with Gasteiger partial charge < -0.3 is 15.4 Å². The van der Waals surface area contributed by atoms with Crippen LogP contribution in [-0.4, -0.2) is 37.0 Å². The first-order chi connectivity index (χ1) is 13.8. The molecular weight excluding hydrogens is 436 g/mol. The van der Waals surface area contributed by atoms with Gasteiger partial charge in [-0.05, 0) is 42.9 Å². The van der Waals surface area contributed by atoms with E-state index in [1.165, 1.54) is 41.8 Å². The summed E-state index contributed by atoms with van der Waals surface area (Å²) < 4.78 is 31.8. The molecule has 3 N–H and O–H groups in total. The summed E-state index contributed by atoms with van der Waals surface area (Å²) in [6.45, 7) is 2.20. The molecule has 1 heterocycles. The number of rotatable bonds is 9. The molecule has 0 atom stereocenters. The summed E-state index contributed by atoms with van der Waals surface area (Å²) in [5.74, 6) is -0.869. The minimum Gasteiger partial charge on any atom is -0.466 e. The molecule has 1 aromatic heterocycles. The maximum atomic E-state index is 12.3. The zero-order valence-electron chi connectivity index (χ0n) is 15.5. The van der Waals surface area contributed by atoms with Crippen molar-refractivity contribution in [3.63, 3.8) is 0 Å². The predicted octanol–water partition coefficient (Wildman–Crippen LogP) is 2.49. The van der Waals surface area contributed by atoms with Crippen molar-refractivity contribution in [3.8, 4) is 0 Å². The molecule has 156 valence electrons. The molecule has 29 heavy (non-hydrogen) atoms. The van der Waals surface area contributed by atoms with Crippen LogP contribution in [0.5, 0.6) is 0 Å². The second-order valence-corrected chi connectivity index (χ2v) is 8.68. The van der Waals surface area contributed by atoms with Crippen LogP contribution in [0.15, 0.2) is 40.7 Å². The number of hydrogen-bond donors (Lipinski definition) is 3. The van der Waals surface area contributed by atoms with Gasteiger partial charge in [0, 0.05) is 23.7 Å². The molecule has 1 aromatic carbocycles. The lowest BCUT2D eigenvalue weighted by Gasteiger charge is -2.10. The second kappa shape index (κ2) is 10.8. The van der Waals surface area contributed by atoms with E-state index in [-0.39, 0.29) is 28.0 Å². The minimum absolute atomic E-state index is 0.0346. The SMILES string of the molecule is CCCOC(=O)CCC(=O)NC(=S)Nc1ccc(S(=O)(=O)Nc2nccs2)cc1. The van der Waals surface area contributed by atoms with Gasteiger partial charge >= 0.3 is 5.97 Å². The van der Waals surface area contributed by atoms with Crippen molar-refractivity contribution in [1.29, 1.82) is 0 Å². The fourth-order valence-electron chi connectivity index (χ4n) is 2.02. The van der Waals surface area contributed by atoms with Gasteiger partial charge in [-0.3, -0.25) is 14.3 Å². The lowest BCUT2D eigenvalue weighted by molar-refractivity contribution is -0.144. The molecule has 2 rings (SSSR count). The third kappa shape index (κ3) is 7.75. The Labute approximate surface area is 177 Å². The smallest absolute Gasteiger partial charge is 0.306 e. The van der Waals surface area contributed by atoms with Gasteiger partial charge in [-0.15, -0.1) is 11.3 Å². The van der Waals surface area contributed by atoms with Crippen LogP contribution >= 0.6 is 23.6 Å². The first-order valence-electron chi connectivity index (χ1n) is 8.59. The molecule has 12 heteroatoms. The molecule has 0 unspecified atom stereocenters. The largest absolute Gasteiger partial charge is 0.466 e. The highest BCUT2D eigenvalue weighted by Gasteiger charge is 2.15. The maximum absolute atomic E-state index is 12.3. The minimum atomic E-state index is -3.75. The Morgan fingerprint density at radius 3 is 2.55 bits per heavy atom. The van der Waals surface area contributed by atoms with E-state index in [2.05, 4.69) is 20.3 Å². The number of nitrogens with zero attached hydrogens (tertiary/aromatic N) is 1. The number of thiazole rings is 1. The van der Waals surface area contributed by atoms with Crippen LogP contribution in [0.1, 0.15) is 26.2 Å². The van der Waals surface area contributed by atoms with Crippen LogP contribution in [0, 0.1) is 0 Å². The summed E-state index contributed by atoms with van der Waals surface area (Å²) in [4.78, 5) is 27.1. The van der Waals surface area contributed by atoms with Crippen molar-refractivity contribution in [1.82, 2.24) is 10.3 Å². The number of carbonyl (C=O) groups is 2. The number of carbonyl (C=O) groups excluding carboxylic acids is 2. The van der Waals surface area contributed by atoms with Crippen molar-refractivity contribution in [3.05, 3.63) is 35.8 Å². The molecule has 0 radical (unpaired) electrons. The van der Waals surface area contributed by atoms with Gasteiger partial charge in [-0.1, -0.05) is 6.92 Å². The Hall–Kier alpha value is -2.57. The van der Waals surface area contributed by atoms with Gasteiger partial charge in [-0.25, -0.2) is 13.4 Å². The highest BCUT2D eigenvalue weighted by Crippen LogP contribution is 2.19. The van der Waals surface area contributed by atoms with E-state index in [9.17, 15) is 18.0 Å². The average Bonchev–Trinajstić information content (AvgIpc) is 3.17. The summed E-state index contributed by atoms with van der Waals surface area (Å²) in [6, 6.07) is 5.81. The molecule has 0 aliphatic rings. The molecule has 0 aliphatic heterocycles. The number of amides is 1. The number of esters is 1. The molecule has 9 nitrogen and oxygen atoms in total. The van der Waals surface area contributed by atoms with E-state index >= 15 is 0 Å². The summed E-state index contributed by atoms with van der Waals surface area (Å²) in [5.41, 5.74) is 0.492. The fraction of sp³-hybridized carbons (Fsp3) is 0.294. The quantitative estimate of drug-likeness (QED) is 0.388. The molecule has 0 spiro atoms. The number of nitrogens with one attached hydrogen (secondary N) is 3. The van der Waals surface area contributed by atoms with Crippen molar-refractivity contribution in [2.24, 2.45) is 0 Å². The molecule has 1 amide bonds. The summed E-state index contributed by atoms with van der Waals surface area (Å²) in [6.07, 6.45) is 2.13. The number of sulfonamides is 1. The predicted molar refractivity (Wildman–Crippen MR) is 114 cm³/mol. The van der Waals surface area contributed by atoms with E-state index < -0.39 is 21.9 Å². The number of anilines is 2. The van der Waals surface area contributed by atoms with Crippen LogP contribution in [-0.2, 0) is 24.3 Å². The van der Waals surface area contributed by atoms with E-state index in [1.54, 1.807) is 5.38 Å². The maximum Gasteiger partial charge on any atom is 0.306 e. The lowest BCUT2D eigenvalue weighted by Crippen LogP contribution is -2.34. The molecule has 0 bridgehead atoms. The number of hydrogen-bond acceptors (Lipinski definition) is 8. The fourth-order valence-corrected chi connectivity index (χ4v) is 4.04. The van der Waals surface area contributed by atoms with Crippen molar-refractivity contribution in [2.75, 3.05) is 16.6 Å². The van der Waals surface area contributed by atoms with Gasteiger partial charge in [0.1, 0.15) is 0 Å². The standard InChI is InChI=1S/C17H20N4O5S3/c1-2-10-26-15(23)8-7-14(22)20-16(27)19-12-3-5-13(6-4-12)29(24,25)21-17-18-9-11-28-17/h3-6,9,11H,2,7-8,10H2,1H3,(H,18,21)(H2,19,20,22,27). The summed E-state index contributed by atoms with van der Waals surface area (Å²) >= 11 is 6.22. The number of ether oxygens (including phenoxy) is 1. The van der Waals surface area contributed by atoms with Crippen molar-refractivity contribution >= 4 is 61.4 Å². The zero-order valence-corrected chi connectivity index (χ0v) is 18.0. The zero-order chi connectivity index (χ0) is 21.3. The van der Waals surface area contributed by atoms with Crippen LogP contribution in [0.2, 0.25) is 0 Å². The Morgan fingerprint density at radius 2 is 1.93 bits per heavy atom. The van der Waals surface area contributed by atoms with Gasteiger partial charge in [0.15, 0.2) is 10.2 Å². The Morgan fingerprint density at radius 1 is 1.21 bits per heavy atom. The number of benzene rings is 1. The number of thiocarbonyl (C=S) groups is 1. The number of aromatic nitrogens is 1. The molecule has 2 aromatic rings. The topological polar surface area (TPSA) is 126 Å². The Bertz CT molecular complexity index is 944. The normalized spacial score (nSPS) is 10.8. The second-order valence-electron chi connectivity index (χ2n) is 5.69. The Balaban J connectivity index is 1.83. The monoisotopic (exact) mass is 456 g/mol. The lowest BCUT2D eigenvalue weighted by atomic mass is 10.3. The van der Waals surface area contributed by atoms with E-state index in [4.69, 9.17) is 17.0 Å². The first-order valence-corrected chi connectivity index (χ1v) is 11.4. The van der Waals surface area contributed by atoms with E-state index in [1.807, 2.05) is 6.92 Å². The highest BCUT2D eigenvalue weighted by molar-refractivity contribution is 7.93. The van der Waals surface area contributed by atoms with Crippen LogP contribution in [0.25, 0.3) is 0 Å². The first kappa shape index (κ1) is 22.7. The molecule has 0 aliphatic carbocycles. The van der Waals surface area contributed by atoms with Crippen LogP contribution in [0.3, 0.4) is 0 Å². The van der Waals surface area contributed by atoms with Gasteiger partial charge in [0.05, 0.1) is 17.9 Å². The molecular formula is C17H20N4O5S3. The van der Waals surface area contributed by atoms with Gasteiger partial charge in [0.25, 0.3) is 10.0 Å². The van der Waals surface area contributed by atoms with Gasteiger partial charge in [-0.2, -0.15) is 0 Å². The molecule has 0 fully saturated rings. The highest BCUT2D eigenvalue weighted by atomic mass is 32.2. The molecule has 0 saturated carbocycles. The summed E-state index contributed by atoms with van der Waals surface area (Å²) in [7, 11) is -3.75. The van der Waals surface area contributed by atoms with E-state index in [0.717, 1.165) is 0 Å². The van der Waals surface area contributed by atoms with Crippen molar-refractivity contribution in [2.45, 2.75) is 31.1 Å². The van der Waals surface area contributed by atoms with Crippen LogP contribution < -0.4 is 15.4 Å². The average molecular weight is 457 g/mol. The van der Waals surface area contributed by atoms with Crippen LogP contribution in [0.4, 0.5) is 10.8 Å².